The summed E-state index contributed by atoms with van der Waals surface area (Å²) in [4.78, 5) is 28.7. The van der Waals surface area contributed by atoms with Gasteiger partial charge in [0, 0.05) is 17.1 Å². The number of benzene rings is 3. The molecule has 3 aromatic rings. The van der Waals surface area contributed by atoms with E-state index in [1.807, 2.05) is 26.8 Å². The van der Waals surface area contributed by atoms with Gasteiger partial charge in [-0.15, -0.1) is 0 Å². The van der Waals surface area contributed by atoms with E-state index >= 15 is 0 Å². The van der Waals surface area contributed by atoms with E-state index < -0.39 is 28.5 Å². The number of anilines is 1. The third-order valence-corrected chi connectivity index (χ3v) is 9.09. The van der Waals surface area contributed by atoms with E-state index in [0.29, 0.717) is 18.1 Å². The average Bonchev–Trinajstić information content (AvgIpc) is 2.99. The van der Waals surface area contributed by atoms with Crippen LogP contribution in [-0.2, 0) is 26.2 Å². The van der Waals surface area contributed by atoms with Crippen LogP contribution in [0.3, 0.4) is 0 Å². The number of ether oxygens (including phenoxy) is 2. The fraction of sp³-hybridized carbons (Fsp3) is 0.355. The molecule has 226 valence electrons. The number of nitrogens with zero attached hydrogens (tertiary/aromatic N) is 2. The molecule has 42 heavy (non-hydrogen) atoms. The van der Waals surface area contributed by atoms with Crippen LogP contribution in [0.15, 0.2) is 82.2 Å². The van der Waals surface area contributed by atoms with Crippen molar-refractivity contribution < 1.29 is 27.5 Å². The van der Waals surface area contributed by atoms with Crippen molar-refractivity contribution in [2.45, 2.75) is 57.6 Å². The summed E-state index contributed by atoms with van der Waals surface area (Å²) >= 11 is 3.34. The first-order valence-electron chi connectivity index (χ1n) is 13.7. The summed E-state index contributed by atoms with van der Waals surface area (Å²) in [7, 11) is -2.63. The summed E-state index contributed by atoms with van der Waals surface area (Å²) in [6, 6.07) is 18.9. The molecule has 0 saturated heterocycles. The van der Waals surface area contributed by atoms with Gasteiger partial charge in [-0.3, -0.25) is 13.9 Å². The molecule has 0 saturated carbocycles. The molecule has 9 nitrogen and oxygen atoms in total. The summed E-state index contributed by atoms with van der Waals surface area (Å²) in [5, 5.41) is 2.93. The van der Waals surface area contributed by atoms with Gasteiger partial charge in [0.15, 0.2) is 0 Å². The van der Waals surface area contributed by atoms with Crippen molar-refractivity contribution in [2.24, 2.45) is 0 Å². The van der Waals surface area contributed by atoms with Crippen LogP contribution in [0.1, 0.15) is 39.7 Å². The summed E-state index contributed by atoms with van der Waals surface area (Å²) in [5.41, 5.74) is 1.02. The molecule has 0 radical (unpaired) electrons. The molecule has 0 heterocycles. The van der Waals surface area contributed by atoms with E-state index in [9.17, 15) is 18.0 Å². The first-order valence-corrected chi connectivity index (χ1v) is 16.0. The second-order valence-corrected chi connectivity index (χ2v) is 12.5. The minimum Gasteiger partial charge on any atom is -0.497 e. The molecule has 11 heteroatoms. The van der Waals surface area contributed by atoms with Crippen LogP contribution >= 0.6 is 15.9 Å². The van der Waals surface area contributed by atoms with Crippen LogP contribution in [0.2, 0.25) is 0 Å². The second kappa shape index (κ2) is 15.1. The van der Waals surface area contributed by atoms with Gasteiger partial charge in [-0.25, -0.2) is 8.42 Å². The Hall–Kier alpha value is -3.57. The summed E-state index contributed by atoms with van der Waals surface area (Å²) in [6.45, 7) is 7.33. The maximum atomic E-state index is 14.1. The first kappa shape index (κ1) is 32.9. The van der Waals surface area contributed by atoms with Crippen LogP contribution < -0.4 is 19.1 Å². The number of halogens is 1. The lowest BCUT2D eigenvalue weighted by Crippen LogP contribution is -2.52. The number of amides is 2. The van der Waals surface area contributed by atoms with Crippen molar-refractivity contribution in [1.82, 2.24) is 10.2 Å². The van der Waals surface area contributed by atoms with Gasteiger partial charge in [0.25, 0.3) is 10.0 Å². The molecule has 0 unspecified atom stereocenters. The van der Waals surface area contributed by atoms with Gasteiger partial charge in [-0.05, 0) is 93.4 Å². The topological polar surface area (TPSA) is 105 Å². The molecule has 0 aliphatic carbocycles. The Morgan fingerprint density at radius 1 is 0.952 bits per heavy atom. The lowest BCUT2D eigenvalue weighted by molar-refractivity contribution is -0.139. The number of hydrogen-bond acceptors (Lipinski definition) is 6. The van der Waals surface area contributed by atoms with Gasteiger partial charge in [-0.1, -0.05) is 35.0 Å². The number of methoxy groups -OCH3 is 1. The minimum atomic E-state index is -4.17. The Bertz CT molecular complexity index is 1450. The Kier molecular flexibility index (Phi) is 11.8. The van der Waals surface area contributed by atoms with Gasteiger partial charge >= 0.3 is 0 Å². The number of carbonyl (C=O) groups excluding carboxylic acids is 2. The molecule has 0 aliphatic heterocycles. The fourth-order valence-corrected chi connectivity index (χ4v) is 5.83. The highest BCUT2D eigenvalue weighted by atomic mass is 79.9. The maximum absolute atomic E-state index is 14.1. The number of nitrogens with one attached hydrogen (secondary N) is 1. The van der Waals surface area contributed by atoms with Crippen LogP contribution in [-0.4, -0.2) is 57.5 Å². The smallest absolute Gasteiger partial charge is 0.264 e. The molecule has 2 atom stereocenters. The zero-order chi connectivity index (χ0) is 30.9. The first-order chi connectivity index (χ1) is 20.0. The molecule has 2 amide bonds. The normalized spacial score (nSPS) is 12.6. The van der Waals surface area contributed by atoms with Crippen LogP contribution in [0, 0.1) is 0 Å². The number of sulfonamides is 1. The Morgan fingerprint density at radius 3 is 2.21 bits per heavy atom. The molecule has 0 fully saturated rings. The largest absolute Gasteiger partial charge is 0.497 e. The summed E-state index contributed by atoms with van der Waals surface area (Å²) in [6.07, 6.45) is 0.721. The quantitative estimate of drug-likeness (QED) is 0.249. The predicted octanol–water partition coefficient (Wildman–Crippen LogP) is 5.38. The molecule has 3 aromatic carbocycles. The molecule has 0 bridgehead atoms. The summed E-state index contributed by atoms with van der Waals surface area (Å²) in [5.74, 6) is 0.303. The Labute approximate surface area is 257 Å². The molecule has 1 N–H and O–H groups in total. The van der Waals surface area contributed by atoms with Crippen LogP contribution in [0.5, 0.6) is 11.5 Å². The van der Waals surface area contributed by atoms with Crippen molar-refractivity contribution in [3.05, 3.63) is 82.8 Å². The standard InChI is InChI=1S/C31H38BrN3O6S/c1-6-22(3)33-31(37)23(4)34(20-24-9-8-10-28(19-24)40-5)30(36)21-35(26-13-15-27(16-14-26)41-7-2)42(38,39)29-17-11-25(32)12-18-29/h8-19,22-23H,6-7,20-21H2,1-5H3,(H,33,37)/t22-,23+/m1/s1. The van der Waals surface area contributed by atoms with E-state index in [1.165, 1.54) is 17.0 Å². The van der Waals surface area contributed by atoms with Gasteiger partial charge in [-0.2, -0.15) is 0 Å². The summed E-state index contributed by atoms with van der Waals surface area (Å²) < 4.78 is 40.6. The molecular formula is C31H38BrN3O6S. The zero-order valence-corrected chi connectivity index (χ0v) is 26.9. The van der Waals surface area contributed by atoms with Gasteiger partial charge in [0.2, 0.25) is 11.8 Å². The lowest BCUT2D eigenvalue weighted by Gasteiger charge is -2.32. The van der Waals surface area contributed by atoms with E-state index in [-0.39, 0.29) is 29.1 Å². The monoisotopic (exact) mass is 659 g/mol. The maximum Gasteiger partial charge on any atom is 0.264 e. The SMILES string of the molecule is CCOc1ccc(N(CC(=O)N(Cc2cccc(OC)c2)[C@@H](C)C(=O)N[C@H](C)CC)S(=O)(=O)c2ccc(Br)cc2)cc1. The van der Waals surface area contributed by atoms with E-state index in [0.717, 1.165) is 20.8 Å². The van der Waals surface area contributed by atoms with Crippen molar-refractivity contribution in [1.29, 1.82) is 0 Å². The van der Waals surface area contributed by atoms with E-state index in [2.05, 4.69) is 21.2 Å². The Morgan fingerprint density at radius 2 is 1.62 bits per heavy atom. The van der Waals surface area contributed by atoms with Crippen molar-refractivity contribution in [3.8, 4) is 11.5 Å². The molecule has 0 aliphatic rings. The van der Waals surface area contributed by atoms with Crippen molar-refractivity contribution in [2.75, 3.05) is 24.6 Å². The zero-order valence-electron chi connectivity index (χ0n) is 24.5. The highest BCUT2D eigenvalue weighted by molar-refractivity contribution is 9.10. The van der Waals surface area contributed by atoms with E-state index in [1.54, 1.807) is 68.6 Å². The third kappa shape index (κ3) is 8.48. The van der Waals surface area contributed by atoms with Crippen LogP contribution in [0.25, 0.3) is 0 Å². The molecular weight excluding hydrogens is 622 g/mol. The average molecular weight is 661 g/mol. The van der Waals surface area contributed by atoms with Crippen molar-refractivity contribution >= 4 is 43.5 Å². The molecule has 0 aromatic heterocycles. The second-order valence-electron chi connectivity index (χ2n) is 9.76. The van der Waals surface area contributed by atoms with Gasteiger partial charge < -0.3 is 19.7 Å². The highest BCUT2D eigenvalue weighted by Crippen LogP contribution is 2.27. The number of hydrogen-bond donors (Lipinski definition) is 1. The van der Waals surface area contributed by atoms with Gasteiger partial charge in [0.05, 0.1) is 24.3 Å². The fourth-order valence-electron chi connectivity index (χ4n) is 4.15. The lowest BCUT2D eigenvalue weighted by atomic mass is 10.1. The predicted molar refractivity (Wildman–Crippen MR) is 167 cm³/mol. The van der Waals surface area contributed by atoms with Crippen molar-refractivity contribution in [3.63, 3.8) is 0 Å². The van der Waals surface area contributed by atoms with E-state index in [4.69, 9.17) is 9.47 Å². The molecule has 3 rings (SSSR count). The van der Waals surface area contributed by atoms with Gasteiger partial charge in [0.1, 0.15) is 24.1 Å². The minimum absolute atomic E-state index is 0.0225. The number of rotatable bonds is 14. The highest BCUT2D eigenvalue weighted by Gasteiger charge is 2.33. The number of carbonyl (C=O) groups is 2. The third-order valence-electron chi connectivity index (χ3n) is 6.77. The Balaban J connectivity index is 2.04. The molecule has 0 spiro atoms. The van der Waals surface area contributed by atoms with Crippen LogP contribution in [0.4, 0.5) is 5.69 Å².